The Labute approximate surface area is 147 Å². The molecule has 0 saturated heterocycles. The van der Waals surface area contributed by atoms with Crippen molar-refractivity contribution in [3.63, 3.8) is 0 Å². The molecule has 1 aromatic heterocycles. The first-order valence-corrected chi connectivity index (χ1v) is 8.42. The van der Waals surface area contributed by atoms with Crippen LogP contribution >= 0.6 is 0 Å². The fourth-order valence-electron chi connectivity index (χ4n) is 2.53. The molecule has 0 aliphatic rings. The molecule has 25 heavy (non-hydrogen) atoms. The molecule has 0 unspecified atom stereocenters. The lowest BCUT2D eigenvalue weighted by Gasteiger charge is -2.06. The van der Waals surface area contributed by atoms with Crippen LogP contribution in [0.4, 0.5) is 5.69 Å². The Bertz CT molecular complexity index is 836. The third kappa shape index (κ3) is 4.53. The van der Waals surface area contributed by atoms with Gasteiger partial charge in [-0.05, 0) is 55.2 Å². The summed E-state index contributed by atoms with van der Waals surface area (Å²) in [7, 11) is 0. The first-order chi connectivity index (χ1) is 12.1. The zero-order valence-corrected chi connectivity index (χ0v) is 14.5. The lowest BCUT2D eigenvalue weighted by Crippen LogP contribution is -2.12. The molecule has 3 aromatic rings. The highest BCUT2D eigenvalue weighted by Crippen LogP contribution is 2.19. The van der Waals surface area contributed by atoms with Crippen molar-refractivity contribution in [2.24, 2.45) is 0 Å². The van der Waals surface area contributed by atoms with Gasteiger partial charge in [-0.2, -0.15) is 4.98 Å². The summed E-state index contributed by atoms with van der Waals surface area (Å²) in [6.07, 6.45) is 2.21. The third-order valence-corrected chi connectivity index (χ3v) is 4.02. The monoisotopic (exact) mass is 335 g/mol. The minimum atomic E-state index is 0.000882. The molecule has 0 bridgehead atoms. The smallest absolute Gasteiger partial charge is 0.257 e. The van der Waals surface area contributed by atoms with E-state index in [1.165, 1.54) is 11.1 Å². The minimum Gasteiger partial charge on any atom is -0.334 e. The molecule has 0 saturated carbocycles. The van der Waals surface area contributed by atoms with Crippen LogP contribution in [0.25, 0.3) is 11.5 Å². The van der Waals surface area contributed by atoms with E-state index < -0.39 is 0 Å². The van der Waals surface area contributed by atoms with Crippen LogP contribution in [0.5, 0.6) is 0 Å². The maximum atomic E-state index is 12.1. The molecule has 5 heteroatoms. The maximum absolute atomic E-state index is 12.1. The van der Waals surface area contributed by atoms with Gasteiger partial charge in [0.05, 0.1) is 0 Å². The zero-order chi connectivity index (χ0) is 17.6. The number of aromatic nitrogens is 2. The predicted molar refractivity (Wildman–Crippen MR) is 97.2 cm³/mol. The number of benzene rings is 2. The number of carbonyl (C=O) groups is 1. The number of rotatable bonds is 6. The van der Waals surface area contributed by atoms with Gasteiger partial charge in [-0.25, -0.2) is 0 Å². The van der Waals surface area contributed by atoms with E-state index in [1.807, 2.05) is 24.3 Å². The molecule has 128 valence electrons. The van der Waals surface area contributed by atoms with E-state index in [0.717, 1.165) is 24.1 Å². The van der Waals surface area contributed by atoms with E-state index in [-0.39, 0.29) is 5.91 Å². The van der Waals surface area contributed by atoms with Gasteiger partial charge < -0.3 is 9.84 Å². The lowest BCUT2D eigenvalue weighted by atomic mass is 10.1. The van der Waals surface area contributed by atoms with Crippen molar-refractivity contribution in [3.05, 3.63) is 65.5 Å². The molecule has 1 N–H and O–H groups in total. The Morgan fingerprint density at radius 2 is 1.72 bits per heavy atom. The number of aryl methyl sites for hydroxylation is 3. The summed E-state index contributed by atoms with van der Waals surface area (Å²) >= 11 is 0. The van der Waals surface area contributed by atoms with Crippen molar-refractivity contribution >= 4 is 11.6 Å². The molecule has 3 rings (SSSR count). The molecule has 0 atom stereocenters. The number of hydrogen-bond donors (Lipinski definition) is 1. The number of hydrogen-bond acceptors (Lipinski definition) is 4. The SMILES string of the molecule is CCc1ccc(CCC(=O)Nc2ccc(-c3nc(C)no3)cc2)cc1. The van der Waals surface area contributed by atoms with Gasteiger partial charge >= 0.3 is 0 Å². The third-order valence-electron chi connectivity index (χ3n) is 4.02. The van der Waals surface area contributed by atoms with Gasteiger partial charge in [-0.3, -0.25) is 4.79 Å². The molecule has 0 aliphatic carbocycles. The molecule has 0 spiro atoms. The number of anilines is 1. The van der Waals surface area contributed by atoms with Crippen LogP contribution in [-0.2, 0) is 17.6 Å². The first kappa shape index (κ1) is 16.9. The molecule has 1 amide bonds. The molecule has 0 radical (unpaired) electrons. The molecule has 1 heterocycles. The average molecular weight is 335 g/mol. The highest BCUT2D eigenvalue weighted by Gasteiger charge is 2.07. The van der Waals surface area contributed by atoms with Crippen molar-refractivity contribution in [1.82, 2.24) is 10.1 Å². The van der Waals surface area contributed by atoms with Gasteiger partial charge in [0.1, 0.15) is 0 Å². The average Bonchev–Trinajstić information content (AvgIpc) is 3.07. The van der Waals surface area contributed by atoms with Gasteiger partial charge in [-0.15, -0.1) is 0 Å². The summed E-state index contributed by atoms with van der Waals surface area (Å²) in [6, 6.07) is 15.8. The summed E-state index contributed by atoms with van der Waals surface area (Å²) in [6.45, 7) is 3.91. The van der Waals surface area contributed by atoms with E-state index in [4.69, 9.17) is 4.52 Å². The number of nitrogens with one attached hydrogen (secondary N) is 1. The highest BCUT2D eigenvalue weighted by molar-refractivity contribution is 5.91. The predicted octanol–water partition coefficient (Wildman–Crippen LogP) is 4.18. The zero-order valence-electron chi connectivity index (χ0n) is 14.5. The topological polar surface area (TPSA) is 68.0 Å². The van der Waals surface area contributed by atoms with E-state index in [2.05, 4.69) is 46.6 Å². The van der Waals surface area contributed by atoms with Crippen molar-refractivity contribution in [1.29, 1.82) is 0 Å². The van der Waals surface area contributed by atoms with Crippen molar-refractivity contribution in [2.45, 2.75) is 33.1 Å². The van der Waals surface area contributed by atoms with Gasteiger partial charge in [-0.1, -0.05) is 36.3 Å². The maximum Gasteiger partial charge on any atom is 0.257 e. The van der Waals surface area contributed by atoms with Crippen LogP contribution < -0.4 is 5.32 Å². The van der Waals surface area contributed by atoms with E-state index in [1.54, 1.807) is 6.92 Å². The Hall–Kier alpha value is -2.95. The molecular weight excluding hydrogens is 314 g/mol. The number of nitrogens with zero attached hydrogens (tertiary/aromatic N) is 2. The summed E-state index contributed by atoms with van der Waals surface area (Å²) in [5, 5.41) is 6.68. The van der Waals surface area contributed by atoms with E-state index in [0.29, 0.717) is 18.1 Å². The highest BCUT2D eigenvalue weighted by atomic mass is 16.5. The molecule has 5 nitrogen and oxygen atoms in total. The van der Waals surface area contributed by atoms with Crippen LogP contribution in [0.2, 0.25) is 0 Å². The lowest BCUT2D eigenvalue weighted by molar-refractivity contribution is -0.116. The normalized spacial score (nSPS) is 10.6. The Balaban J connectivity index is 1.53. The van der Waals surface area contributed by atoms with Crippen molar-refractivity contribution < 1.29 is 9.32 Å². The van der Waals surface area contributed by atoms with Gasteiger partial charge in [0.2, 0.25) is 5.91 Å². The van der Waals surface area contributed by atoms with Gasteiger partial charge in [0.15, 0.2) is 5.82 Å². The first-order valence-electron chi connectivity index (χ1n) is 8.42. The summed E-state index contributed by atoms with van der Waals surface area (Å²) in [5.74, 6) is 1.08. The largest absolute Gasteiger partial charge is 0.334 e. The Morgan fingerprint density at radius 1 is 1.04 bits per heavy atom. The fraction of sp³-hybridized carbons (Fsp3) is 0.250. The minimum absolute atomic E-state index is 0.000882. The van der Waals surface area contributed by atoms with Crippen molar-refractivity contribution in [3.8, 4) is 11.5 Å². The summed E-state index contributed by atoms with van der Waals surface area (Å²) in [4.78, 5) is 16.3. The quantitative estimate of drug-likeness (QED) is 0.734. The Morgan fingerprint density at radius 3 is 2.32 bits per heavy atom. The summed E-state index contributed by atoms with van der Waals surface area (Å²) in [5.41, 5.74) is 4.07. The summed E-state index contributed by atoms with van der Waals surface area (Å²) < 4.78 is 5.13. The number of amides is 1. The van der Waals surface area contributed by atoms with Crippen LogP contribution in [-0.4, -0.2) is 16.0 Å². The fourth-order valence-corrected chi connectivity index (χ4v) is 2.53. The number of carbonyl (C=O) groups excluding carboxylic acids is 1. The molecule has 0 aliphatic heterocycles. The molecular formula is C20H21N3O2. The second-order valence-electron chi connectivity index (χ2n) is 5.94. The molecule has 2 aromatic carbocycles. The van der Waals surface area contributed by atoms with Crippen LogP contribution in [0.3, 0.4) is 0 Å². The van der Waals surface area contributed by atoms with E-state index >= 15 is 0 Å². The Kier molecular flexibility index (Phi) is 5.23. The second-order valence-corrected chi connectivity index (χ2v) is 5.94. The van der Waals surface area contributed by atoms with Crippen LogP contribution in [0, 0.1) is 6.92 Å². The second kappa shape index (κ2) is 7.75. The van der Waals surface area contributed by atoms with Crippen LogP contribution in [0.1, 0.15) is 30.3 Å². The van der Waals surface area contributed by atoms with Crippen LogP contribution in [0.15, 0.2) is 53.1 Å². The van der Waals surface area contributed by atoms with Gasteiger partial charge in [0, 0.05) is 17.7 Å². The van der Waals surface area contributed by atoms with E-state index in [9.17, 15) is 4.79 Å². The van der Waals surface area contributed by atoms with Gasteiger partial charge in [0.25, 0.3) is 5.89 Å². The van der Waals surface area contributed by atoms with Crippen molar-refractivity contribution in [2.75, 3.05) is 5.32 Å². The molecule has 0 fully saturated rings. The standard InChI is InChI=1S/C20H21N3O2/c1-3-15-4-6-16(7-5-15)8-13-19(24)22-18-11-9-17(10-12-18)20-21-14(2)23-25-20/h4-7,9-12H,3,8,13H2,1-2H3,(H,22,24).